The molecule has 1 aromatic rings. The van der Waals surface area contributed by atoms with E-state index in [-0.39, 0.29) is 12.6 Å². The molecule has 0 saturated carbocycles. The SMILES string of the molecule is O=C(O)NCCOC(c1cccc(Cl)c1)C1CCCNC1. The molecule has 3 N–H and O–H groups in total. The first-order valence-electron chi connectivity index (χ1n) is 7.21. The summed E-state index contributed by atoms with van der Waals surface area (Å²) in [6, 6.07) is 7.69. The Hall–Kier alpha value is -1.30. The first kappa shape index (κ1) is 16.1. The molecule has 2 atom stereocenters. The molecule has 1 aromatic carbocycles. The van der Waals surface area contributed by atoms with Crippen LogP contribution in [0.5, 0.6) is 0 Å². The van der Waals surface area contributed by atoms with Crippen LogP contribution < -0.4 is 10.6 Å². The molecule has 1 fully saturated rings. The zero-order valence-electron chi connectivity index (χ0n) is 11.8. The maximum absolute atomic E-state index is 10.5. The number of carbonyl (C=O) groups is 1. The van der Waals surface area contributed by atoms with Crippen LogP contribution in [0.3, 0.4) is 0 Å². The third kappa shape index (κ3) is 5.19. The molecule has 0 radical (unpaired) electrons. The van der Waals surface area contributed by atoms with E-state index in [4.69, 9.17) is 21.4 Å². The zero-order valence-corrected chi connectivity index (χ0v) is 12.6. The van der Waals surface area contributed by atoms with Crippen molar-refractivity contribution in [2.24, 2.45) is 5.92 Å². The lowest BCUT2D eigenvalue weighted by Crippen LogP contribution is -2.35. The molecule has 2 unspecified atom stereocenters. The minimum Gasteiger partial charge on any atom is -0.465 e. The van der Waals surface area contributed by atoms with Crippen LogP contribution in [0.4, 0.5) is 4.79 Å². The molecule has 0 aromatic heterocycles. The number of hydrogen-bond acceptors (Lipinski definition) is 3. The Morgan fingerprint density at radius 1 is 1.57 bits per heavy atom. The smallest absolute Gasteiger partial charge is 0.404 e. The molecule has 2 rings (SSSR count). The van der Waals surface area contributed by atoms with Crippen LogP contribution in [0.25, 0.3) is 0 Å². The van der Waals surface area contributed by atoms with Gasteiger partial charge in [0, 0.05) is 24.0 Å². The van der Waals surface area contributed by atoms with Crippen molar-refractivity contribution in [1.82, 2.24) is 10.6 Å². The maximum atomic E-state index is 10.5. The molecular formula is C15H21ClN2O3. The molecule has 5 nitrogen and oxygen atoms in total. The molecule has 0 spiro atoms. The quantitative estimate of drug-likeness (QED) is 0.706. The third-order valence-electron chi connectivity index (χ3n) is 3.62. The average Bonchev–Trinajstić information content (AvgIpc) is 2.48. The van der Waals surface area contributed by atoms with Gasteiger partial charge in [0.2, 0.25) is 0 Å². The number of piperidine rings is 1. The van der Waals surface area contributed by atoms with Gasteiger partial charge in [-0.2, -0.15) is 0 Å². The highest BCUT2D eigenvalue weighted by Gasteiger charge is 2.25. The second-order valence-corrected chi connectivity index (χ2v) is 5.62. The molecule has 0 aliphatic carbocycles. The lowest BCUT2D eigenvalue weighted by Gasteiger charge is -2.31. The van der Waals surface area contributed by atoms with Crippen molar-refractivity contribution in [2.75, 3.05) is 26.2 Å². The van der Waals surface area contributed by atoms with E-state index in [1.807, 2.05) is 24.3 Å². The third-order valence-corrected chi connectivity index (χ3v) is 3.85. The highest BCUT2D eigenvalue weighted by molar-refractivity contribution is 6.30. The average molecular weight is 313 g/mol. The van der Waals surface area contributed by atoms with Gasteiger partial charge in [-0.15, -0.1) is 0 Å². The Bertz CT molecular complexity index is 464. The van der Waals surface area contributed by atoms with Crippen LogP contribution in [0.15, 0.2) is 24.3 Å². The Labute approximate surface area is 129 Å². The van der Waals surface area contributed by atoms with E-state index in [9.17, 15) is 4.79 Å². The van der Waals surface area contributed by atoms with Crippen LogP contribution in [0, 0.1) is 5.92 Å². The van der Waals surface area contributed by atoms with Gasteiger partial charge in [-0.05, 0) is 37.1 Å². The molecule has 1 heterocycles. The van der Waals surface area contributed by atoms with E-state index in [0.29, 0.717) is 17.5 Å². The summed E-state index contributed by atoms with van der Waals surface area (Å²) in [7, 11) is 0. The maximum Gasteiger partial charge on any atom is 0.404 e. The Morgan fingerprint density at radius 2 is 2.43 bits per heavy atom. The number of hydrogen-bond donors (Lipinski definition) is 3. The number of nitrogens with one attached hydrogen (secondary N) is 2. The van der Waals surface area contributed by atoms with Crippen molar-refractivity contribution in [3.8, 4) is 0 Å². The molecule has 6 heteroatoms. The summed E-state index contributed by atoms with van der Waals surface area (Å²) >= 11 is 6.07. The van der Waals surface area contributed by atoms with Gasteiger partial charge >= 0.3 is 6.09 Å². The lowest BCUT2D eigenvalue weighted by molar-refractivity contribution is 0.00494. The summed E-state index contributed by atoms with van der Waals surface area (Å²) in [6.07, 6.45) is 1.12. The molecule has 116 valence electrons. The van der Waals surface area contributed by atoms with Crippen molar-refractivity contribution in [2.45, 2.75) is 18.9 Å². The van der Waals surface area contributed by atoms with Crippen LogP contribution >= 0.6 is 11.6 Å². The summed E-state index contributed by atoms with van der Waals surface area (Å²) in [5.41, 5.74) is 1.05. The van der Waals surface area contributed by atoms with Crippen LogP contribution in [-0.2, 0) is 4.74 Å². The monoisotopic (exact) mass is 312 g/mol. The van der Waals surface area contributed by atoms with Crippen LogP contribution in [-0.4, -0.2) is 37.4 Å². The van der Waals surface area contributed by atoms with E-state index in [1.165, 1.54) is 0 Å². The van der Waals surface area contributed by atoms with Crippen molar-refractivity contribution in [3.05, 3.63) is 34.9 Å². The molecule has 0 bridgehead atoms. The summed E-state index contributed by atoms with van der Waals surface area (Å²) in [5.74, 6) is 0.377. The van der Waals surface area contributed by atoms with Crippen LogP contribution in [0.2, 0.25) is 5.02 Å². The summed E-state index contributed by atoms with van der Waals surface area (Å²) in [5, 5.41) is 15.0. The number of benzene rings is 1. The second kappa shape index (κ2) is 8.22. The Morgan fingerprint density at radius 3 is 3.10 bits per heavy atom. The van der Waals surface area contributed by atoms with Crippen LogP contribution in [0.1, 0.15) is 24.5 Å². The second-order valence-electron chi connectivity index (χ2n) is 5.18. The van der Waals surface area contributed by atoms with Crippen molar-refractivity contribution >= 4 is 17.7 Å². The first-order chi connectivity index (χ1) is 10.2. The fourth-order valence-electron chi connectivity index (χ4n) is 2.67. The molecular weight excluding hydrogens is 292 g/mol. The van der Waals surface area contributed by atoms with Gasteiger partial charge in [-0.25, -0.2) is 4.79 Å². The standard InChI is InChI=1S/C15H21ClN2O3/c16-13-5-1-3-11(9-13)14(12-4-2-6-17-10-12)21-8-7-18-15(19)20/h1,3,5,9,12,14,17-18H,2,4,6-8,10H2,(H,19,20). The fourth-order valence-corrected chi connectivity index (χ4v) is 2.87. The van der Waals surface area contributed by atoms with E-state index in [2.05, 4.69) is 10.6 Å². The summed E-state index contributed by atoms with van der Waals surface area (Å²) in [4.78, 5) is 10.5. The van der Waals surface area contributed by atoms with E-state index < -0.39 is 6.09 Å². The fraction of sp³-hybridized carbons (Fsp3) is 0.533. The topological polar surface area (TPSA) is 70.6 Å². The van der Waals surface area contributed by atoms with E-state index >= 15 is 0 Å². The van der Waals surface area contributed by atoms with Gasteiger partial charge in [0.25, 0.3) is 0 Å². The van der Waals surface area contributed by atoms with Crippen molar-refractivity contribution in [1.29, 1.82) is 0 Å². The number of amides is 1. The predicted octanol–water partition coefficient (Wildman–Crippen LogP) is 2.66. The van der Waals surface area contributed by atoms with Crippen molar-refractivity contribution < 1.29 is 14.6 Å². The van der Waals surface area contributed by atoms with Gasteiger partial charge in [-0.1, -0.05) is 23.7 Å². The number of carboxylic acid groups (broad SMARTS) is 1. The summed E-state index contributed by atoms with van der Waals surface area (Å²) < 4.78 is 5.95. The van der Waals surface area contributed by atoms with E-state index in [1.54, 1.807) is 0 Å². The molecule has 1 amide bonds. The predicted molar refractivity (Wildman–Crippen MR) is 81.8 cm³/mol. The summed E-state index contributed by atoms with van der Waals surface area (Å²) in [6.45, 7) is 2.58. The largest absolute Gasteiger partial charge is 0.465 e. The van der Waals surface area contributed by atoms with Gasteiger partial charge in [-0.3, -0.25) is 0 Å². The van der Waals surface area contributed by atoms with Crippen molar-refractivity contribution in [3.63, 3.8) is 0 Å². The zero-order chi connectivity index (χ0) is 15.1. The normalized spacial score (nSPS) is 20.0. The Balaban J connectivity index is 2.01. The van der Waals surface area contributed by atoms with E-state index in [0.717, 1.165) is 31.5 Å². The number of rotatable bonds is 6. The minimum atomic E-state index is -1.03. The van der Waals surface area contributed by atoms with Gasteiger partial charge in [0.05, 0.1) is 12.7 Å². The first-order valence-corrected chi connectivity index (χ1v) is 7.59. The molecule has 21 heavy (non-hydrogen) atoms. The molecule has 1 saturated heterocycles. The van der Waals surface area contributed by atoms with Gasteiger partial charge < -0.3 is 20.5 Å². The minimum absolute atomic E-state index is 0.0629. The van der Waals surface area contributed by atoms with Gasteiger partial charge in [0.1, 0.15) is 0 Å². The number of halogens is 1. The molecule has 1 aliphatic heterocycles. The lowest BCUT2D eigenvalue weighted by atomic mass is 9.89. The van der Waals surface area contributed by atoms with Gasteiger partial charge in [0.15, 0.2) is 0 Å². The number of ether oxygens (including phenoxy) is 1. The highest BCUT2D eigenvalue weighted by atomic mass is 35.5. The highest BCUT2D eigenvalue weighted by Crippen LogP contribution is 2.31. The Kier molecular flexibility index (Phi) is 6.29. The molecule has 1 aliphatic rings.